The van der Waals surface area contributed by atoms with Crippen LogP contribution in [0, 0.1) is 6.92 Å². The Balaban J connectivity index is 2.47. The molecule has 0 bridgehead atoms. The summed E-state index contributed by atoms with van der Waals surface area (Å²) in [5, 5.41) is 8.85. The first kappa shape index (κ1) is 9.45. The van der Waals surface area contributed by atoms with Crippen LogP contribution in [-0.2, 0) is 0 Å². The van der Waals surface area contributed by atoms with E-state index in [0.717, 1.165) is 5.56 Å². The minimum Gasteiger partial charge on any atom is -0.478 e. The molecule has 0 atom stereocenters. The van der Waals surface area contributed by atoms with Gasteiger partial charge in [-0.25, -0.2) is 9.78 Å². The van der Waals surface area contributed by atoms with E-state index in [9.17, 15) is 4.79 Å². The van der Waals surface area contributed by atoms with E-state index in [4.69, 9.17) is 9.52 Å². The zero-order chi connectivity index (χ0) is 10.8. The van der Waals surface area contributed by atoms with Crippen molar-refractivity contribution in [2.75, 3.05) is 0 Å². The lowest BCUT2D eigenvalue weighted by atomic mass is 10.1. The molecule has 15 heavy (non-hydrogen) atoms. The fourth-order valence-corrected chi connectivity index (χ4v) is 1.40. The zero-order valence-corrected chi connectivity index (χ0v) is 8.10. The van der Waals surface area contributed by atoms with Gasteiger partial charge in [0.2, 0.25) is 5.89 Å². The molecule has 0 radical (unpaired) electrons. The summed E-state index contributed by atoms with van der Waals surface area (Å²) in [4.78, 5) is 14.8. The van der Waals surface area contributed by atoms with Gasteiger partial charge in [0.25, 0.3) is 0 Å². The fourth-order valence-electron chi connectivity index (χ4n) is 1.40. The van der Waals surface area contributed by atoms with Gasteiger partial charge < -0.3 is 9.52 Å². The van der Waals surface area contributed by atoms with Gasteiger partial charge in [0.15, 0.2) is 0 Å². The number of aryl methyl sites for hydroxylation is 1. The van der Waals surface area contributed by atoms with Crippen molar-refractivity contribution in [3.63, 3.8) is 0 Å². The number of nitrogens with zero attached hydrogens (tertiary/aromatic N) is 1. The molecule has 0 aliphatic carbocycles. The van der Waals surface area contributed by atoms with Crippen LogP contribution in [0.3, 0.4) is 0 Å². The Hall–Kier alpha value is -2.10. The second kappa shape index (κ2) is 3.57. The topological polar surface area (TPSA) is 63.3 Å². The number of oxazole rings is 1. The molecule has 1 N–H and O–H groups in total. The Morgan fingerprint density at radius 2 is 2.27 bits per heavy atom. The van der Waals surface area contributed by atoms with Crippen molar-refractivity contribution in [1.29, 1.82) is 0 Å². The fraction of sp³-hybridized carbons (Fsp3) is 0.0909. The number of hydrogen-bond donors (Lipinski definition) is 1. The molecule has 1 heterocycles. The number of carbonyl (C=O) groups is 1. The van der Waals surface area contributed by atoms with Crippen molar-refractivity contribution < 1.29 is 14.3 Å². The van der Waals surface area contributed by atoms with Gasteiger partial charge in [0, 0.05) is 5.56 Å². The Bertz CT molecular complexity index is 489. The second-order valence-corrected chi connectivity index (χ2v) is 3.17. The third-order valence-electron chi connectivity index (χ3n) is 2.14. The van der Waals surface area contributed by atoms with Crippen molar-refractivity contribution in [1.82, 2.24) is 4.98 Å². The summed E-state index contributed by atoms with van der Waals surface area (Å²) in [6.45, 7) is 1.75. The molecule has 1 aromatic heterocycles. The van der Waals surface area contributed by atoms with Crippen LogP contribution in [0.4, 0.5) is 0 Å². The maximum absolute atomic E-state index is 10.8. The lowest BCUT2D eigenvalue weighted by Crippen LogP contribution is -1.99. The van der Waals surface area contributed by atoms with Crippen LogP contribution in [-0.4, -0.2) is 16.1 Å². The van der Waals surface area contributed by atoms with Gasteiger partial charge in [-0.05, 0) is 30.7 Å². The summed E-state index contributed by atoms with van der Waals surface area (Å²) in [6, 6.07) is 4.98. The molecule has 0 aliphatic heterocycles. The number of benzene rings is 1. The summed E-state index contributed by atoms with van der Waals surface area (Å²) < 4.78 is 5.12. The van der Waals surface area contributed by atoms with Crippen LogP contribution >= 0.6 is 0 Å². The third kappa shape index (κ3) is 1.74. The van der Waals surface area contributed by atoms with Gasteiger partial charge in [0.05, 0.1) is 11.8 Å². The summed E-state index contributed by atoms with van der Waals surface area (Å²) in [5.74, 6) is -0.429. The van der Waals surface area contributed by atoms with E-state index in [-0.39, 0.29) is 0 Å². The summed E-state index contributed by atoms with van der Waals surface area (Å²) in [7, 11) is 0. The van der Waals surface area contributed by atoms with Crippen LogP contribution < -0.4 is 0 Å². The molecule has 4 nitrogen and oxygen atoms in total. The van der Waals surface area contributed by atoms with E-state index in [1.165, 1.54) is 6.26 Å². The largest absolute Gasteiger partial charge is 0.478 e. The lowest BCUT2D eigenvalue weighted by molar-refractivity contribution is 0.0696. The Morgan fingerprint density at radius 3 is 2.80 bits per heavy atom. The van der Waals surface area contributed by atoms with Crippen molar-refractivity contribution in [2.45, 2.75) is 6.92 Å². The normalized spacial score (nSPS) is 10.2. The highest BCUT2D eigenvalue weighted by Gasteiger charge is 2.09. The smallest absolute Gasteiger partial charge is 0.335 e. The standard InChI is InChI=1S/C11H9NO3/c1-7-6-8(10-12-4-5-15-10)2-3-9(7)11(13)14/h2-6H,1H3,(H,13,14). The molecule has 0 saturated heterocycles. The summed E-state index contributed by atoms with van der Waals surface area (Å²) in [5.41, 5.74) is 1.77. The number of aromatic nitrogens is 1. The number of rotatable bonds is 2. The number of aromatic carboxylic acids is 1. The van der Waals surface area contributed by atoms with Crippen molar-refractivity contribution in [3.05, 3.63) is 41.8 Å². The molecular weight excluding hydrogens is 194 g/mol. The molecule has 0 fully saturated rings. The van der Waals surface area contributed by atoms with Gasteiger partial charge in [-0.1, -0.05) is 0 Å². The third-order valence-corrected chi connectivity index (χ3v) is 2.14. The maximum Gasteiger partial charge on any atom is 0.335 e. The molecule has 2 rings (SSSR count). The predicted octanol–water partition coefficient (Wildman–Crippen LogP) is 2.35. The predicted molar refractivity (Wildman–Crippen MR) is 53.6 cm³/mol. The highest BCUT2D eigenvalue weighted by Crippen LogP contribution is 2.20. The quantitative estimate of drug-likeness (QED) is 0.813. The van der Waals surface area contributed by atoms with E-state index in [0.29, 0.717) is 17.0 Å². The van der Waals surface area contributed by atoms with Crippen LogP contribution in [0.15, 0.2) is 35.1 Å². The van der Waals surface area contributed by atoms with Gasteiger partial charge in [0.1, 0.15) is 6.26 Å². The average molecular weight is 203 g/mol. The van der Waals surface area contributed by atoms with Crippen LogP contribution in [0.2, 0.25) is 0 Å². The zero-order valence-electron chi connectivity index (χ0n) is 8.10. The Morgan fingerprint density at radius 1 is 1.47 bits per heavy atom. The molecular formula is C11H9NO3. The second-order valence-electron chi connectivity index (χ2n) is 3.17. The number of carboxylic acid groups (broad SMARTS) is 1. The Labute approximate surface area is 86.2 Å². The molecule has 0 spiro atoms. The van der Waals surface area contributed by atoms with Gasteiger partial charge in [-0.2, -0.15) is 0 Å². The minimum atomic E-state index is -0.925. The van der Waals surface area contributed by atoms with Crippen molar-refractivity contribution >= 4 is 5.97 Å². The molecule has 2 aromatic rings. The molecule has 0 saturated carbocycles. The first-order valence-electron chi connectivity index (χ1n) is 4.42. The SMILES string of the molecule is Cc1cc(-c2ncco2)ccc1C(=O)O. The molecule has 76 valence electrons. The van der Waals surface area contributed by atoms with Crippen molar-refractivity contribution in [3.8, 4) is 11.5 Å². The highest BCUT2D eigenvalue weighted by molar-refractivity contribution is 5.90. The highest BCUT2D eigenvalue weighted by atomic mass is 16.4. The van der Waals surface area contributed by atoms with Crippen LogP contribution in [0.1, 0.15) is 15.9 Å². The first-order valence-corrected chi connectivity index (χ1v) is 4.42. The van der Waals surface area contributed by atoms with Crippen molar-refractivity contribution in [2.24, 2.45) is 0 Å². The van der Waals surface area contributed by atoms with E-state index >= 15 is 0 Å². The van der Waals surface area contributed by atoms with Crippen LogP contribution in [0.5, 0.6) is 0 Å². The van der Waals surface area contributed by atoms with Crippen LogP contribution in [0.25, 0.3) is 11.5 Å². The first-order chi connectivity index (χ1) is 7.18. The number of hydrogen-bond acceptors (Lipinski definition) is 3. The lowest BCUT2D eigenvalue weighted by Gasteiger charge is -2.02. The van der Waals surface area contributed by atoms with E-state index in [1.807, 2.05) is 0 Å². The Kier molecular flexibility index (Phi) is 2.25. The molecule has 1 aromatic carbocycles. The van der Waals surface area contributed by atoms with E-state index in [2.05, 4.69) is 4.98 Å². The summed E-state index contributed by atoms with van der Waals surface area (Å²) in [6.07, 6.45) is 3.03. The molecule has 0 aliphatic rings. The van der Waals surface area contributed by atoms with Gasteiger partial charge in [-0.15, -0.1) is 0 Å². The maximum atomic E-state index is 10.8. The number of carboxylic acids is 1. The van der Waals surface area contributed by atoms with E-state index in [1.54, 1.807) is 31.3 Å². The van der Waals surface area contributed by atoms with Gasteiger partial charge in [-0.3, -0.25) is 0 Å². The monoisotopic (exact) mass is 203 g/mol. The van der Waals surface area contributed by atoms with E-state index < -0.39 is 5.97 Å². The molecule has 0 amide bonds. The summed E-state index contributed by atoms with van der Waals surface area (Å²) >= 11 is 0. The molecule has 4 heteroatoms. The average Bonchev–Trinajstić information content (AvgIpc) is 2.69. The minimum absolute atomic E-state index is 0.297. The molecule has 0 unspecified atom stereocenters. The van der Waals surface area contributed by atoms with Gasteiger partial charge >= 0.3 is 5.97 Å².